The minimum atomic E-state index is -0.686. The van der Waals surface area contributed by atoms with E-state index >= 15 is 0 Å². The molecule has 12 unspecified atom stereocenters. The number of ether oxygens (including phenoxy) is 6. The molecule has 0 spiro atoms. The van der Waals surface area contributed by atoms with Crippen LogP contribution in [0.1, 0.15) is 40.9 Å². The van der Waals surface area contributed by atoms with Crippen LogP contribution >= 0.6 is 0 Å². The minimum Gasteiger partial charge on any atom is -0.490 e. The summed E-state index contributed by atoms with van der Waals surface area (Å²) in [6.07, 6.45) is 6.81. The SMILES string of the molecule is COc1c2c(cc3c1OC(=O)C1C3C3C(=O)NC(=O)N(C)C31)C1C(O2)C2C1C(=O)NC(=O)N2C.COc1c2c(cc3ccoc13)C1C3C(=O)CC(=O)N(C)C3C1C(=O)O2.COc1c2occc2cc2ccc(=O)oc12.Cn1ccc(=O)[nH]c1=O.Cn1ccc(=O)[nH]c1=O.Cn1ccc(=O)[nH]c1=O. The van der Waals surface area contributed by atoms with Gasteiger partial charge in [-0.1, -0.05) is 0 Å². The number of fused-ring (bicyclic) bond motifs is 21. The van der Waals surface area contributed by atoms with Crippen molar-refractivity contribution >= 4 is 80.4 Å². The second-order valence-electron chi connectivity index (χ2n) is 25.1. The number of esters is 2. The zero-order valence-electron chi connectivity index (χ0n) is 55.3. The molecule has 0 bridgehead atoms. The van der Waals surface area contributed by atoms with Gasteiger partial charge in [0.25, 0.3) is 16.7 Å². The summed E-state index contributed by atoms with van der Waals surface area (Å²) in [4.78, 5) is 184. The van der Waals surface area contributed by atoms with E-state index in [1.807, 2.05) is 24.3 Å². The number of carbonyl (C=O) groups excluding carboxylic acids is 8. The molecule has 102 heavy (non-hydrogen) atoms. The van der Waals surface area contributed by atoms with E-state index in [4.69, 9.17) is 41.7 Å². The van der Waals surface area contributed by atoms with Crippen LogP contribution in [0, 0.1) is 29.6 Å². The predicted octanol–water partition coefficient (Wildman–Crippen LogP) is 0.777. The van der Waals surface area contributed by atoms with Crippen LogP contribution in [0.5, 0.6) is 34.5 Å². The predicted molar refractivity (Wildman–Crippen MR) is 349 cm³/mol. The molecule has 3 aromatic carbocycles. The zero-order valence-corrected chi connectivity index (χ0v) is 55.3. The summed E-state index contributed by atoms with van der Waals surface area (Å²) in [5.74, 6) is -3.99. The molecule has 12 atom stereocenters. The number of benzene rings is 3. The number of nitrogens with zero attached hydrogens (tertiary/aromatic N) is 6. The Kier molecular flexibility index (Phi) is 17.1. The number of aryl methyl sites for hydroxylation is 3. The average molecular weight is 1400 g/mol. The molecule has 5 N–H and O–H groups in total. The van der Waals surface area contributed by atoms with Crippen LogP contribution in [-0.2, 0) is 49.9 Å². The normalized spacial score (nSPS) is 24.5. The number of aromatic nitrogens is 6. The van der Waals surface area contributed by atoms with Gasteiger partial charge in [-0.3, -0.25) is 68.7 Å². The monoisotopic (exact) mass is 1400 g/mol. The van der Waals surface area contributed by atoms with E-state index in [0.29, 0.717) is 45.3 Å². The van der Waals surface area contributed by atoms with Crippen LogP contribution in [0.2, 0.25) is 0 Å². The van der Waals surface area contributed by atoms with Crippen LogP contribution in [0.25, 0.3) is 32.9 Å². The lowest BCUT2D eigenvalue weighted by Crippen LogP contribution is -2.72. The highest BCUT2D eigenvalue weighted by Gasteiger charge is 2.69. The fraction of sp³-hybridized carbons (Fsp3) is 0.328. The number of imide groups is 2. The zero-order chi connectivity index (χ0) is 72.9. The Balaban J connectivity index is 0.000000119. The van der Waals surface area contributed by atoms with E-state index in [1.165, 1.54) is 92.6 Å². The van der Waals surface area contributed by atoms with Gasteiger partial charge in [-0.05, 0) is 36.4 Å². The van der Waals surface area contributed by atoms with Gasteiger partial charge in [0.2, 0.25) is 35.0 Å². The highest BCUT2D eigenvalue weighted by atomic mass is 16.6. The molecule has 6 aliphatic heterocycles. The summed E-state index contributed by atoms with van der Waals surface area (Å²) in [5.41, 5.74) is 0.965. The van der Waals surface area contributed by atoms with Crippen LogP contribution in [0.15, 0.2) is 139 Å². The van der Waals surface area contributed by atoms with Crippen molar-refractivity contribution in [3.8, 4) is 34.5 Å². The van der Waals surface area contributed by atoms with Crippen molar-refractivity contribution in [2.75, 3.05) is 42.5 Å². The first kappa shape index (κ1) is 67.7. The van der Waals surface area contributed by atoms with Gasteiger partial charge >= 0.3 is 46.7 Å². The number of methoxy groups -OCH3 is 3. The average Bonchev–Trinajstić information content (AvgIpc) is 1.17. The van der Waals surface area contributed by atoms with E-state index in [0.717, 1.165) is 27.3 Å². The fourth-order valence-electron chi connectivity index (χ4n) is 14.7. The maximum absolute atomic E-state index is 13.0. The lowest BCUT2D eigenvalue weighted by atomic mass is 9.53. The number of likely N-dealkylation sites (tertiary alicyclic amines) is 1. The topological polar surface area (TPSA) is 447 Å². The number of piperidine rings is 1. The van der Waals surface area contributed by atoms with Crippen molar-refractivity contribution in [1.82, 2.24) is 54.0 Å². The molecule has 3 saturated heterocycles. The first-order valence-corrected chi connectivity index (χ1v) is 31.3. The molecular formula is C67H61N11O24. The molecule has 35 nitrogen and oxygen atoms in total. The van der Waals surface area contributed by atoms with E-state index in [9.17, 15) is 71.9 Å². The number of rotatable bonds is 3. The Labute approximate surface area is 570 Å². The smallest absolute Gasteiger partial charge is 0.336 e. The van der Waals surface area contributed by atoms with Crippen molar-refractivity contribution < 1.29 is 80.0 Å². The number of H-pyrrole nitrogens is 3. The van der Waals surface area contributed by atoms with E-state index in [-0.39, 0.29) is 87.0 Å². The Morgan fingerprint density at radius 3 is 1.37 bits per heavy atom. The van der Waals surface area contributed by atoms with Crippen molar-refractivity contribution in [2.24, 2.45) is 50.7 Å². The van der Waals surface area contributed by atoms with Crippen LogP contribution < -0.4 is 78.4 Å². The van der Waals surface area contributed by atoms with Crippen LogP contribution in [-0.4, -0.2) is 158 Å². The summed E-state index contributed by atoms with van der Waals surface area (Å²) in [6, 6.07) is 13.8. The van der Waals surface area contributed by atoms with Crippen LogP contribution in [0.3, 0.4) is 0 Å². The lowest BCUT2D eigenvalue weighted by Gasteiger charge is -2.57. The number of urea groups is 2. The van der Waals surface area contributed by atoms with Gasteiger partial charge in [-0.25, -0.2) is 28.8 Å². The molecule has 35 heteroatoms. The molecule has 3 aliphatic carbocycles. The third-order valence-corrected chi connectivity index (χ3v) is 19.7. The molecular weight excluding hydrogens is 1340 g/mol. The molecule has 3 saturated carbocycles. The minimum absolute atomic E-state index is 0.110. The van der Waals surface area contributed by atoms with Gasteiger partial charge in [-0.15, -0.1) is 0 Å². The van der Waals surface area contributed by atoms with Gasteiger partial charge in [0.15, 0.2) is 34.0 Å². The maximum Gasteiger partial charge on any atom is 0.336 e. The Morgan fingerprint density at radius 1 is 0.422 bits per heavy atom. The quantitative estimate of drug-likeness (QED) is 0.0706. The van der Waals surface area contributed by atoms with Gasteiger partial charge in [0.1, 0.15) is 11.9 Å². The summed E-state index contributed by atoms with van der Waals surface area (Å²) >= 11 is 0. The fourth-order valence-corrected chi connectivity index (χ4v) is 14.7. The van der Waals surface area contributed by atoms with E-state index < -0.39 is 89.4 Å². The number of furan rings is 2. The third kappa shape index (κ3) is 11.1. The van der Waals surface area contributed by atoms with Crippen molar-refractivity contribution in [3.63, 3.8) is 0 Å². The van der Waals surface area contributed by atoms with Gasteiger partial charge in [-0.2, -0.15) is 0 Å². The first-order valence-electron chi connectivity index (χ1n) is 31.3. The largest absolute Gasteiger partial charge is 0.490 e. The molecule has 9 aromatic rings. The summed E-state index contributed by atoms with van der Waals surface area (Å²) in [6.45, 7) is 0. The number of Topliss-reactive ketones (excluding diaryl/α,β-unsaturated/α-hetero) is 1. The maximum atomic E-state index is 13.0. The lowest BCUT2D eigenvalue weighted by molar-refractivity contribution is -0.170. The molecule has 6 aromatic heterocycles. The molecule has 18 rings (SSSR count). The second-order valence-corrected chi connectivity index (χ2v) is 25.1. The van der Waals surface area contributed by atoms with Crippen molar-refractivity contribution in [3.05, 3.63) is 181 Å². The number of likely N-dealkylation sites (N-methyl/N-ethyl adjacent to an activating group) is 1. The van der Waals surface area contributed by atoms with Gasteiger partial charge in [0, 0.05) is 142 Å². The third-order valence-electron chi connectivity index (χ3n) is 19.7. The number of nitrogens with one attached hydrogen (secondary N) is 5. The molecule has 7 amide bonds. The molecule has 12 heterocycles. The second kappa shape index (κ2) is 25.8. The summed E-state index contributed by atoms with van der Waals surface area (Å²) < 4.78 is 53.4. The number of amides is 7. The number of ketones is 1. The summed E-state index contributed by atoms with van der Waals surface area (Å²) in [7, 11) is 13.9. The number of carbonyl (C=O) groups is 8. The van der Waals surface area contributed by atoms with Crippen molar-refractivity contribution in [2.45, 2.75) is 48.4 Å². The molecule has 9 aliphatic rings. The molecule has 6 fully saturated rings. The highest BCUT2D eigenvalue weighted by molar-refractivity contribution is 6.07. The highest BCUT2D eigenvalue weighted by Crippen LogP contribution is 2.65. The standard InChI is InChI=1S/C22H20N4O8.C18H15NO6.C12H8O4.3C5H6N2O2/c1-25-12-9(18(27)23-21(25)30)7-5-4-6-8-10-13(26(2)22(31)24-19(10)28)16(8)33-14(6)17(32-3)15(5)34-20(29)11(7)12;1-19-10(21)6-9(20)12-11-8-5-7-3-4-24-15(7)17(23-2)16(8)25-18(22)13(11)14(12)19;1-14-12-10-8(4-5-15-10)6-7-2-3-9(13)16-11(7)12;3*1-7-3-2-4(8)6-5(7)9/h4,7-13,16H,1-3H3,(H,23,27,30)(H,24,28,31);3-5,11-14H,6H2,1-2H3;2-6H,1H3;3*2-3H,1H3,(H,6,8,9). The Morgan fingerprint density at radius 2 is 0.863 bits per heavy atom. The van der Waals surface area contributed by atoms with E-state index in [1.54, 1.807) is 66.9 Å². The molecule has 0 radical (unpaired) electrons. The summed E-state index contributed by atoms with van der Waals surface area (Å²) in [5, 5.41) is 7.28. The first-order chi connectivity index (χ1) is 48.7. The van der Waals surface area contributed by atoms with Gasteiger partial charge < -0.3 is 70.1 Å². The number of aromatic amines is 3. The van der Waals surface area contributed by atoms with E-state index in [2.05, 4.69) is 25.6 Å². The van der Waals surface area contributed by atoms with Crippen LogP contribution in [0.4, 0.5) is 9.59 Å². The Hall–Kier alpha value is -12.9. The molecule has 528 valence electrons. The number of hydrogen-bond acceptors (Lipinski definition) is 24. The van der Waals surface area contributed by atoms with Gasteiger partial charge in [0.05, 0.1) is 82.1 Å². The number of hydrogen-bond donors (Lipinski definition) is 5. The van der Waals surface area contributed by atoms with Crippen molar-refractivity contribution in [1.29, 1.82) is 0 Å². The Bertz CT molecular complexity index is 5360.